The minimum absolute atomic E-state index is 0.0188. The number of nitrogens with one attached hydrogen (secondary N) is 2. The Morgan fingerprint density at radius 1 is 0.966 bits per heavy atom. The highest BCUT2D eigenvalue weighted by molar-refractivity contribution is 7.89. The van der Waals surface area contributed by atoms with Crippen molar-refractivity contribution in [2.45, 2.75) is 17.9 Å². The van der Waals surface area contributed by atoms with Crippen LogP contribution in [0.2, 0.25) is 0 Å². The van der Waals surface area contributed by atoms with Crippen molar-refractivity contribution >= 4 is 21.6 Å². The van der Waals surface area contributed by atoms with Gasteiger partial charge < -0.3 is 5.32 Å². The third-order valence-corrected chi connectivity index (χ3v) is 5.86. The molecule has 5 nitrogen and oxygen atoms in total. The Labute approximate surface area is 170 Å². The fourth-order valence-corrected chi connectivity index (χ4v) is 4.08. The molecule has 0 saturated carbocycles. The summed E-state index contributed by atoms with van der Waals surface area (Å²) < 4.78 is 28.2. The maximum atomic E-state index is 12.8. The molecule has 1 atom stereocenters. The lowest BCUT2D eigenvalue weighted by molar-refractivity contribution is 0.102. The number of benzene rings is 3. The fraction of sp³-hybridized carbons (Fsp3) is 0.0870. The molecule has 0 unspecified atom stereocenters. The number of carbonyl (C=O) groups excluding carboxylic acids is 1. The Bertz CT molecular complexity index is 1170. The van der Waals surface area contributed by atoms with Crippen molar-refractivity contribution in [3.63, 3.8) is 0 Å². The topological polar surface area (TPSA) is 75.3 Å². The largest absolute Gasteiger partial charge is 0.322 e. The van der Waals surface area contributed by atoms with Crippen molar-refractivity contribution in [1.29, 1.82) is 0 Å². The van der Waals surface area contributed by atoms with E-state index in [9.17, 15) is 13.2 Å². The SMILES string of the molecule is C#Cc1cccc(NC(=O)c2cccc(S(=O)(=O)N[C@H](C)c3ccccc3)c2)c1. The Balaban J connectivity index is 1.79. The lowest BCUT2D eigenvalue weighted by Crippen LogP contribution is -2.27. The normalized spacial score (nSPS) is 12.0. The number of amides is 1. The lowest BCUT2D eigenvalue weighted by atomic mass is 10.1. The smallest absolute Gasteiger partial charge is 0.255 e. The molecular formula is C23H20N2O3S. The second kappa shape index (κ2) is 8.74. The molecule has 0 aliphatic carbocycles. The molecule has 3 aromatic rings. The van der Waals surface area contributed by atoms with Gasteiger partial charge in [-0.3, -0.25) is 4.79 Å². The minimum Gasteiger partial charge on any atom is -0.322 e. The van der Waals surface area contributed by atoms with Crippen LogP contribution in [0.15, 0.2) is 83.8 Å². The summed E-state index contributed by atoms with van der Waals surface area (Å²) in [5.74, 6) is 2.08. The van der Waals surface area contributed by atoms with Gasteiger partial charge in [-0.05, 0) is 48.9 Å². The molecule has 0 aliphatic rings. The molecule has 2 N–H and O–H groups in total. The van der Waals surface area contributed by atoms with E-state index in [2.05, 4.69) is 16.0 Å². The first-order valence-electron chi connectivity index (χ1n) is 8.94. The van der Waals surface area contributed by atoms with E-state index < -0.39 is 22.0 Å². The Kier molecular flexibility index (Phi) is 6.13. The summed E-state index contributed by atoms with van der Waals surface area (Å²) in [7, 11) is -3.80. The third-order valence-electron chi connectivity index (χ3n) is 4.33. The maximum Gasteiger partial charge on any atom is 0.255 e. The molecule has 0 aromatic heterocycles. The van der Waals surface area contributed by atoms with Crippen molar-refractivity contribution in [2.75, 3.05) is 5.32 Å². The number of sulfonamides is 1. The van der Waals surface area contributed by atoms with Crippen LogP contribution in [0.3, 0.4) is 0 Å². The van der Waals surface area contributed by atoms with Gasteiger partial charge in [-0.25, -0.2) is 13.1 Å². The molecule has 0 radical (unpaired) electrons. The summed E-state index contributed by atoms with van der Waals surface area (Å²) in [6.45, 7) is 1.77. The molecule has 0 aliphatic heterocycles. The predicted octanol–water partition coefficient (Wildman–Crippen LogP) is 3.96. The van der Waals surface area contributed by atoms with Crippen LogP contribution in [0.5, 0.6) is 0 Å². The highest BCUT2D eigenvalue weighted by atomic mass is 32.2. The van der Waals surface area contributed by atoms with Gasteiger partial charge in [0.25, 0.3) is 5.91 Å². The van der Waals surface area contributed by atoms with E-state index in [-0.39, 0.29) is 10.5 Å². The number of rotatable bonds is 6. The van der Waals surface area contributed by atoms with E-state index in [1.807, 2.05) is 30.3 Å². The van der Waals surface area contributed by atoms with E-state index in [1.54, 1.807) is 37.3 Å². The minimum atomic E-state index is -3.80. The number of carbonyl (C=O) groups is 1. The zero-order valence-corrected chi connectivity index (χ0v) is 16.6. The van der Waals surface area contributed by atoms with Crippen molar-refractivity contribution < 1.29 is 13.2 Å². The molecule has 0 fully saturated rings. The van der Waals surface area contributed by atoms with Crippen LogP contribution < -0.4 is 10.0 Å². The molecule has 3 aromatic carbocycles. The van der Waals surface area contributed by atoms with Gasteiger partial charge in [0.2, 0.25) is 10.0 Å². The van der Waals surface area contributed by atoms with Crippen LogP contribution in [0.1, 0.15) is 34.5 Å². The summed E-state index contributed by atoms with van der Waals surface area (Å²) >= 11 is 0. The van der Waals surface area contributed by atoms with Gasteiger partial charge in [0.15, 0.2) is 0 Å². The Hall–Kier alpha value is -3.40. The van der Waals surface area contributed by atoms with E-state index >= 15 is 0 Å². The number of hydrogen-bond donors (Lipinski definition) is 2. The summed E-state index contributed by atoms with van der Waals surface area (Å²) in [6.07, 6.45) is 5.37. The average Bonchev–Trinajstić information content (AvgIpc) is 2.74. The van der Waals surface area contributed by atoms with Crippen LogP contribution in [0, 0.1) is 12.3 Å². The summed E-state index contributed by atoms with van der Waals surface area (Å²) in [6, 6.07) is 21.6. The highest BCUT2D eigenvalue weighted by Gasteiger charge is 2.19. The molecular weight excluding hydrogens is 384 g/mol. The van der Waals surface area contributed by atoms with E-state index in [1.165, 1.54) is 18.2 Å². The van der Waals surface area contributed by atoms with Crippen LogP contribution in [-0.2, 0) is 10.0 Å². The van der Waals surface area contributed by atoms with Crippen LogP contribution in [0.4, 0.5) is 5.69 Å². The second-order valence-corrected chi connectivity index (χ2v) is 8.17. The van der Waals surface area contributed by atoms with Crippen molar-refractivity contribution in [1.82, 2.24) is 4.72 Å². The van der Waals surface area contributed by atoms with E-state index in [0.717, 1.165) is 5.56 Å². The van der Waals surface area contributed by atoms with Crippen molar-refractivity contribution in [2.24, 2.45) is 0 Å². The molecule has 6 heteroatoms. The second-order valence-electron chi connectivity index (χ2n) is 6.46. The van der Waals surface area contributed by atoms with Crippen LogP contribution >= 0.6 is 0 Å². The van der Waals surface area contributed by atoms with E-state index in [0.29, 0.717) is 11.3 Å². The van der Waals surface area contributed by atoms with Gasteiger partial charge in [0.1, 0.15) is 0 Å². The zero-order valence-electron chi connectivity index (χ0n) is 15.8. The first-order chi connectivity index (χ1) is 13.9. The fourth-order valence-electron chi connectivity index (χ4n) is 2.81. The summed E-state index contributed by atoms with van der Waals surface area (Å²) in [5.41, 5.74) is 2.25. The molecule has 146 valence electrons. The quantitative estimate of drug-likeness (QED) is 0.611. The molecule has 29 heavy (non-hydrogen) atoms. The maximum absolute atomic E-state index is 12.8. The Morgan fingerprint density at radius 2 is 1.69 bits per heavy atom. The highest BCUT2D eigenvalue weighted by Crippen LogP contribution is 2.19. The number of hydrogen-bond acceptors (Lipinski definition) is 3. The van der Waals surface area contributed by atoms with Gasteiger partial charge in [-0.1, -0.05) is 48.4 Å². The van der Waals surface area contributed by atoms with Gasteiger partial charge in [0.05, 0.1) is 4.90 Å². The first kappa shape index (κ1) is 20.3. The van der Waals surface area contributed by atoms with Crippen LogP contribution in [-0.4, -0.2) is 14.3 Å². The first-order valence-corrected chi connectivity index (χ1v) is 10.4. The summed E-state index contributed by atoms with van der Waals surface area (Å²) in [5, 5.41) is 2.73. The molecule has 0 saturated heterocycles. The van der Waals surface area contributed by atoms with Crippen molar-refractivity contribution in [3.8, 4) is 12.3 Å². The molecule has 3 rings (SSSR count). The van der Waals surface area contributed by atoms with E-state index in [4.69, 9.17) is 6.42 Å². The molecule has 0 spiro atoms. The monoisotopic (exact) mass is 404 g/mol. The van der Waals surface area contributed by atoms with Gasteiger partial charge in [-0.15, -0.1) is 6.42 Å². The molecule has 1 amide bonds. The number of terminal acetylenes is 1. The third kappa shape index (κ3) is 5.11. The summed E-state index contributed by atoms with van der Waals surface area (Å²) in [4.78, 5) is 12.6. The molecule has 0 bridgehead atoms. The van der Waals surface area contributed by atoms with Gasteiger partial charge in [-0.2, -0.15) is 0 Å². The Morgan fingerprint density at radius 3 is 2.41 bits per heavy atom. The van der Waals surface area contributed by atoms with Crippen LogP contribution in [0.25, 0.3) is 0 Å². The van der Waals surface area contributed by atoms with Gasteiger partial charge >= 0.3 is 0 Å². The van der Waals surface area contributed by atoms with Gasteiger partial charge in [0, 0.05) is 22.9 Å². The average molecular weight is 404 g/mol. The molecule has 0 heterocycles. The zero-order chi connectivity index (χ0) is 20.9. The van der Waals surface area contributed by atoms with Crippen molar-refractivity contribution in [3.05, 3.63) is 95.6 Å². The number of anilines is 1. The predicted molar refractivity (Wildman–Crippen MR) is 114 cm³/mol. The lowest BCUT2D eigenvalue weighted by Gasteiger charge is -2.15. The standard InChI is InChI=1S/C23H20N2O3S/c1-3-18-9-7-13-21(15-18)24-23(26)20-12-8-14-22(16-20)29(27,28)25-17(2)19-10-5-4-6-11-19/h1,4-17,25H,2H3,(H,24,26)/t17-/m1/s1.